The van der Waals surface area contributed by atoms with Gasteiger partial charge in [-0.1, -0.05) is 33.1 Å². The van der Waals surface area contributed by atoms with Crippen LogP contribution in [0.15, 0.2) is 23.3 Å². The molecule has 0 saturated carbocycles. The second-order valence-electron chi connectivity index (χ2n) is 5.12. The van der Waals surface area contributed by atoms with Gasteiger partial charge >= 0.3 is 5.69 Å². The third-order valence-corrected chi connectivity index (χ3v) is 3.22. The maximum Gasteiger partial charge on any atom is 0.301 e. The first-order chi connectivity index (χ1) is 10.5. The fourth-order valence-corrected chi connectivity index (χ4v) is 1.90. The van der Waals surface area contributed by atoms with Crippen LogP contribution in [0, 0.1) is 26.1 Å². The molecule has 0 fully saturated rings. The van der Waals surface area contributed by atoms with Gasteiger partial charge in [0, 0.05) is 12.3 Å². The summed E-state index contributed by atoms with van der Waals surface area (Å²) in [5.41, 5.74) is 2.02. The van der Waals surface area contributed by atoms with Crippen molar-refractivity contribution in [2.45, 2.75) is 39.5 Å². The van der Waals surface area contributed by atoms with E-state index in [0.29, 0.717) is 5.92 Å². The van der Waals surface area contributed by atoms with E-state index < -0.39 is 9.85 Å². The highest BCUT2D eigenvalue weighted by Crippen LogP contribution is 2.28. The van der Waals surface area contributed by atoms with Crippen LogP contribution in [0.1, 0.15) is 39.5 Å². The summed E-state index contributed by atoms with van der Waals surface area (Å²) in [4.78, 5) is 20.2. The van der Waals surface area contributed by atoms with Gasteiger partial charge in [-0.05, 0) is 18.4 Å². The third-order valence-electron chi connectivity index (χ3n) is 3.22. The Hall–Kier alpha value is -2.51. The zero-order chi connectivity index (χ0) is 16.5. The van der Waals surface area contributed by atoms with E-state index in [-0.39, 0.29) is 17.1 Å². The largest absolute Gasteiger partial charge is 0.301 e. The number of non-ortho nitro benzene ring substituents is 1. The lowest BCUT2D eigenvalue weighted by Crippen LogP contribution is -2.00. The van der Waals surface area contributed by atoms with Gasteiger partial charge in [-0.3, -0.25) is 25.7 Å². The number of nitro benzene ring substituents is 2. The monoisotopic (exact) mass is 308 g/mol. The first-order valence-electron chi connectivity index (χ1n) is 7.16. The maximum atomic E-state index is 10.9. The van der Waals surface area contributed by atoms with Gasteiger partial charge in [-0.2, -0.15) is 5.10 Å². The Morgan fingerprint density at radius 3 is 2.64 bits per heavy atom. The number of hydrogen-bond donors (Lipinski definition) is 1. The van der Waals surface area contributed by atoms with Crippen molar-refractivity contribution in [2.24, 2.45) is 11.0 Å². The van der Waals surface area contributed by atoms with Crippen molar-refractivity contribution in [1.82, 2.24) is 0 Å². The average Bonchev–Trinajstić information content (AvgIpc) is 2.49. The molecule has 8 nitrogen and oxygen atoms in total. The van der Waals surface area contributed by atoms with Crippen LogP contribution in [0.5, 0.6) is 0 Å². The molecule has 0 aliphatic heterocycles. The fourth-order valence-electron chi connectivity index (χ4n) is 1.90. The number of rotatable bonds is 9. The molecule has 1 unspecified atom stereocenters. The highest BCUT2D eigenvalue weighted by Gasteiger charge is 2.18. The zero-order valence-corrected chi connectivity index (χ0v) is 12.7. The van der Waals surface area contributed by atoms with E-state index in [0.717, 1.165) is 31.7 Å². The van der Waals surface area contributed by atoms with Crippen molar-refractivity contribution in [3.63, 3.8) is 0 Å². The summed E-state index contributed by atoms with van der Waals surface area (Å²) < 4.78 is 0. The minimum absolute atomic E-state index is 0.132. The van der Waals surface area contributed by atoms with Gasteiger partial charge in [0.25, 0.3) is 5.69 Å². The standard InChI is InChI=1S/C14H20N4O4/c1-3-4-5-11(2)8-9-15-16-13-7-6-12(17(19)20)10-14(13)18(21)22/h6-7,9-11,16H,3-5,8H2,1-2H3. The van der Waals surface area contributed by atoms with Crippen LogP contribution in [0.4, 0.5) is 17.1 Å². The van der Waals surface area contributed by atoms with E-state index >= 15 is 0 Å². The number of hydrazone groups is 1. The van der Waals surface area contributed by atoms with E-state index in [4.69, 9.17) is 0 Å². The van der Waals surface area contributed by atoms with E-state index in [1.54, 1.807) is 6.21 Å². The number of nitrogens with zero attached hydrogens (tertiary/aromatic N) is 3. The molecule has 1 atom stereocenters. The maximum absolute atomic E-state index is 10.9. The Balaban J connectivity index is 2.69. The van der Waals surface area contributed by atoms with Gasteiger partial charge in [0.1, 0.15) is 5.69 Å². The topological polar surface area (TPSA) is 111 Å². The molecule has 0 aromatic heterocycles. The van der Waals surface area contributed by atoms with Crippen molar-refractivity contribution in [3.05, 3.63) is 38.4 Å². The van der Waals surface area contributed by atoms with Crippen molar-refractivity contribution in [2.75, 3.05) is 5.43 Å². The molecule has 1 N–H and O–H groups in total. The van der Waals surface area contributed by atoms with E-state index in [2.05, 4.69) is 24.4 Å². The quantitative estimate of drug-likeness (QED) is 0.419. The van der Waals surface area contributed by atoms with E-state index in [9.17, 15) is 20.2 Å². The molecule has 1 aromatic carbocycles. The van der Waals surface area contributed by atoms with Gasteiger partial charge in [0.2, 0.25) is 0 Å². The molecule has 120 valence electrons. The molecule has 1 aromatic rings. The summed E-state index contributed by atoms with van der Waals surface area (Å²) >= 11 is 0. The summed E-state index contributed by atoms with van der Waals surface area (Å²) in [6.07, 6.45) is 5.87. The summed E-state index contributed by atoms with van der Waals surface area (Å²) in [6, 6.07) is 3.41. The summed E-state index contributed by atoms with van der Waals surface area (Å²) in [7, 11) is 0. The lowest BCUT2D eigenvalue weighted by atomic mass is 10.0. The molecule has 0 radical (unpaired) electrons. The second kappa shape index (κ2) is 8.71. The molecule has 8 heteroatoms. The van der Waals surface area contributed by atoms with E-state index in [1.165, 1.54) is 12.1 Å². The molecule has 0 aliphatic carbocycles. The van der Waals surface area contributed by atoms with Gasteiger partial charge in [-0.25, -0.2) is 0 Å². The Morgan fingerprint density at radius 2 is 2.05 bits per heavy atom. The molecule has 0 amide bonds. The number of nitrogens with one attached hydrogen (secondary N) is 1. The normalized spacial score (nSPS) is 12.3. The smallest absolute Gasteiger partial charge is 0.272 e. The molecule has 0 bridgehead atoms. The highest BCUT2D eigenvalue weighted by molar-refractivity contribution is 5.67. The van der Waals surface area contributed by atoms with Crippen molar-refractivity contribution >= 4 is 23.3 Å². The van der Waals surface area contributed by atoms with Crippen LogP contribution >= 0.6 is 0 Å². The SMILES string of the molecule is CCCCC(C)CC=NNc1ccc([N+](=O)[O-])cc1[N+](=O)[O-]. The first kappa shape index (κ1) is 17.5. The van der Waals surface area contributed by atoms with Crippen LogP contribution < -0.4 is 5.43 Å². The fraction of sp³-hybridized carbons (Fsp3) is 0.500. The lowest BCUT2D eigenvalue weighted by molar-refractivity contribution is -0.393. The van der Waals surface area contributed by atoms with Crippen LogP contribution in [0.25, 0.3) is 0 Å². The molecule has 0 heterocycles. The lowest BCUT2D eigenvalue weighted by Gasteiger charge is -2.06. The molecular weight excluding hydrogens is 288 g/mol. The van der Waals surface area contributed by atoms with Gasteiger partial charge in [0.05, 0.1) is 15.9 Å². The molecule has 0 saturated heterocycles. The predicted molar refractivity (Wildman–Crippen MR) is 85.2 cm³/mol. The van der Waals surface area contributed by atoms with Crippen LogP contribution in [-0.4, -0.2) is 16.1 Å². The second-order valence-corrected chi connectivity index (χ2v) is 5.12. The predicted octanol–water partition coefficient (Wildman–Crippen LogP) is 4.12. The van der Waals surface area contributed by atoms with Crippen LogP contribution in [-0.2, 0) is 0 Å². The number of benzene rings is 1. The minimum Gasteiger partial charge on any atom is -0.272 e. The molecule has 0 aliphatic rings. The van der Waals surface area contributed by atoms with Crippen molar-refractivity contribution in [1.29, 1.82) is 0 Å². The number of nitro groups is 2. The average molecular weight is 308 g/mol. The summed E-state index contributed by atoms with van der Waals surface area (Å²) in [6.45, 7) is 4.26. The first-order valence-corrected chi connectivity index (χ1v) is 7.16. The van der Waals surface area contributed by atoms with E-state index in [1.807, 2.05) is 0 Å². The number of anilines is 1. The van der Waals surface area contributed by atoms with Gasteiger partial charge in [-0.15, -0.1) is 0 Å². The van der Waals surface area contributed by atoms with Crippen molar-refractivity contribution in [3.8, 4) is 0 Å². The van der Waals surface area contributed by atoms with Gasteiger partial charge < -0.3 is 0 Å². The number of hydrogen-bond acceptors (Lipinski definition) is 6. The molecule has 1 rings (SSSR count). The summed E-state index contributed by atoms with van der Waals surface area (Å²) in [5.74, 6) is 0.498. The van der Waals surface area contributed by atoms with Gasteiger partial charge in [0.15, 0.2) is 0 Å². The Kier molecular flexibility index (Phi) is 6.94. The molecule has 22 heavy (non-hydrogen) atoms. The number of unbranched alkanes of at least 4 members (excludes halogenated alkanes) is 1. The van der Waals surface area contributed by atoms with Crippen LogP contribution in [0.2, 0.25) is 0 Å². The van der Waals surface area contributed by atoms with Crippen LogP contribution in [0.3, 0.4) is 0 Å². The highest BCUT2D eigenvalue weighted by atomic mass is 16.6. The van der Waals surface area contributed by atoms with Crippen molar-refractivity contribution < 1.29 is 9.85 Å². The Morgan fingerprint density at radius 1 is 1.32 bits per heavy atom. The summed E-state index contributed by atoms with van der Waals surface area (Å²) in [5, 5.41) is 25.5. The third kappa shape index (κ3) is 5.47. The molecular formula is C14H20N4O4. The minimum atomic E-state index is -0.672. The zero-order valence-electron chi connectivity index (χ0n) is 12.7. The molecule has 0 spiro atoms. The Bertz CT molecular complexity index is 560. The Labute approximate surface area is 128 Å².